The number of nitrogen functional groups attached to an aromatic ring is 1. The van der Waals surface area contributed by atoms with Crippen LogP contribution in [0, 0.1) is 0 Å². The lowest BCUT2D eigenvalue weighted by Gasteiger charge is -2.34. The summed E-state index contributed by atoms with van der Waals surface area (Å²) < 4.78 is 1.92. The van der Waals surface area contributed by atoms with E-state index < -0.39 is 0 Å². The first-order valence-electron chi connectivity index (χ1n) is 12.2. The molecule has 2 amide bonds. The SMILES string of the molecule is C=CC(=O)N1CCCC[C@H]1c1nc(-c2ccc(C(=O)NCC3=NC=CC=NC3)cc2)c2c(N)nccn12. The Hall–Kier alpha value is -4.60. The van der Waals surface area contributed by atoms with Gasteiger partial charge in [0.25, 0.3) is 5.91 Å². The highest BCUT2D eigenvalue weighted by atomic mass is 16.2. The number of aliphatic imine (C=N–C) groups is 2. The van der Waals surface area contributed by atoms with Gasteiger partial charge in [0.2, 0.25) is 5.91 Å². The van der Waals surface area contributed by atoms with E-state index in [4.69, 9.17) is 10.7 Å². The van der Waals surface area contributed by atoms with Crippen molar-refractivity contribution < 1.29 is 9.59 Å². The number of aromatic nitrogens is 3. The van der Waals surface area contributed by atoms with Crippen molar-refractivity contribution in [2.75, 3.05) is 25.4 Å². The number of nitrogens with two attached hydrogens (primary N) is 1. The maximum Gasteiger partial charge on any atom is 0.251 e. The summed E-state index contributed by atoms with van der Waals surface area (Å²) >= 11 is 0. The average molecular weight is 497 g/mol. The van der Waals surface area contributed by atoms with Crippen molar-refractivity contribution in [2.24, 2.45) is 9.98 Å². The molecule has 2 aliphatic rings. The Morgan fingerprint density at radius 1 is 1.22 bits per heavy atom. The van der Waals surface area contributed by atoms with Gasteiger partial charge in [-0.25, -0.2) is 9.97 Å². The predicted molar refractivity (Wildman–Crippen MR) is 144 cm³/mol. The van der Waals surface area contributed by atoms with Crippen LogP contribution in [0.25, 0.3) is 16.8 Å². The van der Waals surface area contributed by atoms with E-state index in [2.05, 4.69) is 26.9 Å². The standard InChI is InChI=1S/C27H28N8O2/c1-2-22(36)34-14-4-3-6-21(34)26-33-23(24-25(28)31-13-15-35(24)26)18-7-9-19(10-8-18)27(37)32-17-20-16-29-11-5-12-30-20/h2,5,7-13,15,21H,1,3-4,6,14,16-17H2,(H2,28,31)(H,32,37)/t21-/m0/s1. The summed E-state index contributed by atoms with van der Waals surface area (Å²) in [7, 11) is 0. The number of nitrogens with zero attached hydrogens (tertiary/aromatic N) is 6. The molecule has 3 N–H and O–H groups in total. The Kier molecular flexibility index (Phi) is 6.89. The van der Waals surface area contributed by atoms with Crippen LogP contribution in [-0.2, 0) is 4.79 Å². The van der Waals surface area contributed by atoms with Crippen LogP contribution in [0.4, 0.5) is 5.82 Å². The highest BCUT2D eigenvalue weighted by Crippen LogP contribution is 2.35. The van der Waals surface area contributed by atoms with E-state index in [9.17, 15) is 9.59 Å². The number of benzene rings is 1. The van der Waals surface area contributed by atoms with Gasteiger partial charge in [0.1, 0.15) is 22.9 Å². The van der Waals surface area contributed by atoms with E-state index in [1.807, 2.05) is 27.6 Å². The molecular weight excluding hydrogens is 468 g/mol. The lowest BCUT2D eigenvalue weighted by atomic mass is 10.0. The number of fused-ring (bicyclic) bond motifs is 1. The molecule has 0 saturated carbocycles. The molecule has 2 aromatic heterocycles. The average Bonchev–Trinajstić information content (AvgIpc) is 3.13. The Bertz CT molecular complexity index is 1430. The van der Waals surface area contributed by atoms with E-state index in [1.54, 1.807) is 36.8 Å². The Morgan fingerprint density at radius 3 is 2.86 bits per heavy atom. The summed E-state index contributed by atoms with van der Waals surface area (Å²) in [6.07, 6.45) is 12.6. The van der Waals surface area contributed by atoms with Crippen LogP contribution < -0.4 is 11.1 Å². The number of rotatable bonds is 6. The van der Waals surface area contributed by atoms with E-state index in [1.165, 1.54) is 6.08 Å². The zero-order valence-electron chi connectivity index (χ0n) is 20.4. The molecule has 5 rings (SSSR count). The van der Waals surface area contributed by atoms with E-state index in [-0.39, 0.29) is 17.9 Å². The van der Waals surface area contributed by atoms with E-state index >= 15 is 0 Å². The molecule has 0 radical (unpaired) electrons. The van der Waals surface area contributed by atoms with Crippen LogP contribution in [-0.4, -0.2) is 62.6 Å². The second kappa shape index (κ2) is 10.6. The van der Waals surface area contributed by atoms with Crippen LogP contribution in [0.15, 0.2) is 71.6 Å². The van der Waals surface area contributed by atoms with Gasteiger partial charge in [-0.15, -0.1) is 0 Å². The van der Waals surface area contributed by atoms with Crippen LogP contribution in [0.3, 0.4) is 0 Å². The molecule has 188 valence electrons. The first kappa shape index (κ1) is 24.1. The van der Waals surface area contributed by atoms with Gasteiger partial charge in [0.05, 0.1) is 24.8 Å². The minimum absolute atomic E-state index is 0.113. The third kappa shape index (κ3) is 4.90. The molecule has 0 bridgehead atoms. The lowest BCUT2D eigenvalue weighted by molar-refractivity contribution is -0.129. The van der Waals surface area contributed by atoms with Crippen LogP contribution >= 0.6 is 0 Å². The molecule has 0 aliphatic carbocycles. The Labute approximate surface area is 214 Å². The van der Waals surface area contributed by atoms with E-state index in [0.717, 1.165) is 36.4 Å². The normalized spacial score (nSPS) is 17.4. The van der Waals surface area contributed by atoms with Gasteiger partial charge < -0.3 is 16.0 Å². The number of hydrogen-bond donors (Lipinski definition) is 2. The highest BCUT2D eigenvalue weighted by Gasteiger charge is 2.31. The minimum atomic E-state index is -0.205. The minimum Gasteiger partial charge on any atom is -0.382 e. The number of carbonyl (C=O) groups is 2. The number of likely N-dealkylation sites (tertiary alicyclic amines) is 1. The second-order valence-electron chi connectivity index (χ2n) is 8.88. The molecule has 3 aromatic rings. The van der Waals surface area contributed by atoms with Crippen molar-refractivity contribution in [1.82, 2.24) is 24.6 Å². The second-order valence-corrected chi connectivity index (χ2v) is 8.88. The van der Waals surface area contributed by atoms with E-state index in [0.29, 0.717) is 42.2 Å². The number of imidazole rings is 1. The van der Waals surface area contributed by atoms with Crippen LogP contribution in [0.1, 0.15) is 41.5 Å². The van der Waals surface area contributed by atoms with Crippen molar-refractivity contribution in [3.05, 3.63) is 73.0 Å². The smallest absolute Gasteiger partial charge is 0.251 e. The fourth-order valence-corrected chi connectivity index (χ4v) is 4.72. The molecule has 1 atom stereocenters. The van der Waals surface area contributed by atoms with Crippen molar-refractivity contribution in [2.45, 2.75) is 25.3 Å². The van der Waals surface area contributed by atoms with Gasteiger partial charge in [0.15, 0.2) is 0 Å². The lowest BCUT2D eigenvalue weighted by Crippen LogP contribution is -2.38. The van der Waals surface area contributed by atoms with Gasteiger partial charge in [0, 0.05) is 42.5 Å². The summed E-state index contributed by atoms with van der Waals surface area (Å²) in [6.45, 7) is 5.09. The largest absolute Gasteiger partial charge is 0.382 e. The summed E-state index contributed by atoms with van der Waals surface area (Å²) in [5, 5.41) is 2.89. The fraction of sp³-hybridized carbons (Fsp3) is 0.259. The molecule has 0 unspecified atom stereocenters. The third-order valence-electron chi connectivity index (χ3n) is 6.55. The molecular formula is C27H28N8O2. The Balaban J connectivity index is 1.43. The molecule has 1 saturated heterocycles. The molecule has 10 heteroatoms. The number of anilines is 1. The number of allylic oxidation sites excluding steroid dienone is 1. The van der Waals surface area contributed by atoms with Gasteiger partial charge in [-0.3, -0.25) is 24.0 Å². The molecule has 1 fully saturated rings. The first-order valence-corrected chi connectivity index (χ1v) is 12.2. The van der Waals surface area contributed by atoms with Gasteiger partial charge >= 0.3 is 0 Å². The number of hydrogen-bond acceptors (Lipinski definition) is 7. The molecule has 1 aromatic carbocycles. The molecule has 37 heavy (non-hydrogen) atoms. The van der Waals surface area contributed by atoms with Crippen LogP contribution in [0.2, 0.25) is 0 Å². The van der Waals surface area contributed by atoms with Crippen molar-refractivity contribution >= 4 is 35.1 Å². The zero-order chi connectivity index (χ0) is 25.8. The van der Waals surface area contributed by atoms with Crippen LogP contribution in [0.5, 0.6) is 0 Å². The highest BCUT2D eigenvalue weighted by molar-refractivity contribution is 5.99. The predicted octanol–water partition coefficient (Wildman–Crippen LogP) is 2.99. The molecule has 0 spiro atoms. The Morgan fingerprint density at radius 2 is 2.05 bits per heavy atom. The summed E-state index contributed by atoms with van der Waals surface area (Å²) in [5.74, 6) is 0.759. The topological polar surface area (TPSA) is 130 Å². The van der Waals surface area contributed by atoms with Crippen molar-refractivity contribution in [3.8, 4) is 11.3 Å². The maximum atomic E-state index is 12.7. The third-order valence-corrected chi connectivity index (χ3v) is 6.55. The summed E-state index contributed by atoms with van der Waals surface area (Å²) in [5.41, 5.74) is 9.72. The summed E-state index contributed by atoms with van der Waals surface area (Å²) in [4.78, 5) is 44.8. The maximum absolute atomic E-state index is 12.7. The summed E-state index contributed by atoms with van der Waals surface area (Å²) in [6, 6.07) is 7.00. The number of amides is 2. The van der Waals surface area contributed by atoms with Gasteiger partial charge in [-0.05, 0) is 43.5 Å². The number of piperidine rings is 1. The molecule has 4 heterocycles. The monoisotopic (exact) mass is 496 g/mol. The van der Waals surface area contributed by atoms with Crippen molar-refractivity contribution in [3.63, 3.8) is 0 Å². The first-order chi connectivity index (χ1) is 18.1. The van der Waals surface area contributed by atoms with Gasteiger partial charge in [-0.2, -0.15) is 0 Å². The zero-order valence-corrected chi connectivity index (χ0v) is 20.4. The number of carbonyl (C=O) groups excluding carboxylic acids is 2. The molecule has 10 nitrogen and oxygen atoms in total. The van der Waals surface area contributed by atoms with Crippen molar-refractivity contribution in [1.29, 1.82) is 0 Å². The fourth-order valence-electron chi connectivity index (χ4n) is 4.72. The number of nitrogens with one attached hydrogen (secondary N) is 1. The molecule has 2 aliphatic heterocycles. The quantitative estimate of drug-likeness (QED) is 0.507. The van der Waals surface area contributed by atoms with Gasteiger partial charge in [-0.1, -0.05) is 18.7 Å².